The van der Waals surface area contributed by atoms with Gasteiger partial charge in [0.1, 0.15) is 17.4 Å². The number of ether oxygens (including phenoxy) is 2. The molecule has 0 unspecified atom stereocenters. The highest BCUT2D eigenvalue weighted by molar-refractivity contribution is 5.96. The molecule has 0 radical (unpaired) electrons. The van der Waals surface area contributed by atoms with E-state index in [1.54, 1.807) is 24.1 Å². The third-order valence-electron chi connectivity index (χ3n) is 8.39. The van der Waals surface area contributed by atoms with Crippen LogP contribution < -0.4 is 14.8 Å². The number of rotatable bonds is 10. The van der Waals surface area contributed by atoms with Crippen molar-refractivity contribution in [3.05, 3.63) is 70.7 Å². The summed E-state index contributed by atoms with van der Waals surface area (Å²) >= 11 is 0. The third kappa shape index (κ3) is 5.43. The van der Waals surface area contributed by atoms with Gasteiger partial charge in [0.15, 0.2) is 11.5 Å². The molecule has 3 aliphatic carbocycles. The molecule has 0 atom stereocenters. The molecule has 2 N–H and O–H groups in total. The van der Waals surface area contributed by atoms with Crippen LogP contribution in [0.1, 0.15) is 71.6 Å². The smallest absolute Gasteiger partial charge is 0.254 e. The van der Waals surface area contributed by atoms with E-state index in [4.69, 9.17) is 23.9 Å². The number of aliphatic hydroxyl groups excluding tert-OH is 1. The van der Waals surface area contributed by atoms with E-state index in [0.29, 0.717) is 47.7 Å². The van der Waals surface area contributed by atoms with E-state index in [-0.39, 0.29) is 24.7 Å². The number of carbonyl (C=O) groups excluding carboxylic acids is 1. The first-order valence-corrected chi connectivity index (χ1v) is 15.0. The molecule has 0 aliphatic heterocycles. The quantitative estimate of drug-likeness (QED) is 0.247. The molecule has 2 fully saturated rings. The minimum absolute atomic E-state index is 0.0646. The van der Waals surface area contributed by atoms with Crippen LogP contribution in [-0.4, -0.2) is 63.3 Å². The molecule has 4 aromatic rings. The number of oxazole rings is 1. The van der Waals surface area contributed by atoms with Crippen molar-refractivity contribution in [1.29, 1.82) is 0 Å². The van der Waals surface area contributed by atoms with Crippen molar-refractivity contribution in [1.82, 2.24) is 19.9 Å². The normalized spacial score (nSPS) is 16.3. The summed E-state index contributed by atoms with van der Waals surface area (Å²) in [6, 6.07) is 11.5. The van der Waals surface area contributed by atoms with E-state index in [9.17, 15) is 9.90 Å². The van der Waals surface area contributed by atoms with Crippen LogP contribution in [0.25, 0.3) is 16.7 Å². The number of benzene rings is 2. The Morgan fingerprint density at radius 1 is 1.09 bits per heavy atom. The second-order valence-electron chi connectivity index (χ2n) is 11.4. The fourth-order valence-electron chi connectivity index (χ4n) is 6.14. The largest absolute Gasteiger partial charge is 0.495 e. The summed E-state index contributed by atoms with van der Waals surface area (Å²) in [5.41, 5.74) is 6.54. The highest BCUT2D eigenvalue weighted by Crippen LogP contribution is 2.41. The van der Waals surface area contributed by atoms with Gasteiger partial charge in [-0.1, -0.05) is 12.1 Å². The molecule has 2 heterocycles. The average molecular weight is 582 g/mol. The number of allylic oxidation sites excluding steroid dienone is 1. The lowest BCUT2D eigenvalue weighted by molar-refractivity contribution is 0.0707. The number of anilines is 2. The SMILES string of the molecule is COc1cc(C(=O)N(CCO)C2CC2)ccc1Nc1nc2c(c(OC3CCCC3)n1)C(c1ccc3nc(C)oc3c1)=CC2. The van der Waals surface area contributed by atoms with Crippen molar-refractivity contribution in [3.8, 4) is 11.6 Å². The molecule has 10 heteroatoms. The molecule has 222 valence electrons. The maximum absolute atomic E-state index is 13.2. The average Bonchev–Trinajstić information content (AvgIpc) is 3.35. The van der Waals surface area contributed by atoms with Crippen LogP contribution in [0.15, 0.2) is 46.9 Å². The first-order chi connectivity index (χ1) is 21.0. The molecule has 2 aromatic carbocycles. The maximum atomic E-state index is 13.2. The number of aliphatic hydroxyl groups is 1. The van der Waals surface area contributed by atoms with Crippen LogP contribution in [0.3, 0.4) is 0 Å². The highest BCUT2D eigenvalue weighted by Gasteiger charge is 2.33. The van der Waals surface area contributed by atoms with Gasteiger partial charge in [-0.05, 0) is 80.0 Å². The summed E-state index contributed by atoms with van der Waals surface area (Å²) in [6.07, 6.45) is 9.14. The molecule has 2 saturated carbocycles. The predicted molar refractivity (Wildman–Crippen MR) is 162 cm³/mol. The van der Waals surface area contributed by atoms with Crippen LogP contribution in [0.4, 0.5) is 11.6 Å². The van der Waals surface area contributed by atoms with Crippen molar-refractivity contribution in [2.75, 3.05) is 25.6 Å². The van der Waals surface area contributed by atoms with E-state index in [2.05, 4.69) is 22.4 Å². The number of aryl methyl sites for hydroxylation is 1. The Hall–Kier alpha value is -4.44. The van der Waals surface area contributed by atoms with Crippen LogP contribution in [-0.2, 0) is 6.42 Å². The predicted octanol–water partition coefficient (Wildman–Crippen LogP) is 5.58. The standard InChI is InChI=1S/C33H35N5O5/c1-19-34-26-12-7-20(17-29(26)42-19)24-11-14-27-30(24)31(43-23-5-3-4-6-23)37-33(36-27)35-25-13-8-21(18-28(25)41-2)32(40)38(15-16-39)22-9-10-22/h7-8,11-13,17-18,22-23,39H,3-6,9-10,14-16H2,1-2H3,(H,35,36,37). The van der Waals surface area contributed by atoms with Gasteiger partial charge >= 0.3 is 0 Å². The summed E-state index contributed by atoms with van der Waals surface area (Å²) in [4.78, 5) is 29.1. The van der Waals surface area contributed by atoms with Gasteiger partial charge in [0, 0.05) is 31.5 Å². The summed E-state index contributed by atoms with van der Waals surface area (Å²) in [5.74, 6) is 1.99. The Labute approximate surface area is 249 Å². The molecular formula is C33H35N5O5. The van der Waals surface area contributed by atoms with E-state index >= 15 is 0 Å². The van der Waals surface area contributed by atoms with Gasteiger partial charge in [-0.15, -0.1) is 0 Å². The van der Waals surface area contributed by atoms with Gasteiger partial charge in [-0.3, -0.25) is 4.79 Å². The van der Waals surface area contributed by atoms with Crippen molar-refractivity contribution in [2.45, 2.75) is 64.0 Å². The van der Waals surface area contributed by atoms with Gasteiger partial charge in [0.25, 0.3) is 5.91 Å². The van der Waals surface area contributed by atoms with Crippen LogP contribution >= 0.6 is 0 Å². The lowest BCUT2D eigenvalue weighted by Crippen LogP contribution is -2.35. The van der Waals surface area contributed by atoms with E-state index in [1.807, 2.05) is 25.1 Å². The molecule has 1 amide bonds. The summed E-state index contributed by atoms with van der Waals surface area (Å²) in [6.45, 7) is 2.10. The van der Waals surface area contributed by atoms with Crippen molar-refractivity contribution in [3.63, 3.8) is 0 Å². The fraction of sp³-hybridized carbons (Fsp3) is 0.394. The number of nitrogens with one attached hydrogen (secondary N) is 1. The van der Waals surface area contributed by atoms with E-state index in [0.717, 1.165) is 72.0 Å². The Kier molecular flexibility index (Phi) is 7.22. The summed E-state index contributed by atoms with van der Waals surface area (Å²) in [5, 5.41) is 12.8. The van der Waals surface area contributed by atoms with Crippen LogP contribution in [0.2, 0.25) is 0 Å². The first kappa shape index (κ1) is 27.4. The number of fused-ring (bicyclic) bond motifs is 2. The zero-order valence-corrected chi connectivity index (χ0v) is 24.4. The minimum atomic E-state index is -0.111. The van der Waals surface area contributed by atoms with Crippen molar-refractivity contribution in [2.24, 2.45) is 0 Å². The summed E-state index contributed by atoms with van der Waals surface area (Å²) in [7, 11) is 1.57. The Morgan fingerprint density at radius 3 is 2.70 bits per heavy atom. The van der Waals surface area contributed by atoms with Gasteiger partial charge in [-0.25, -0.2) is 9.97 Å². The maximum Gasteiger partial charge on any atom is 0.254 e. The number of hydrogen-bond acceptors (Lipinski definition) is 9. The molecule has 3 aliphatic rings. The van der Waals surface area contributed by atoms with Crippen molar-refractivity contribution >= 4 is 34.2 Å². The Bertz CT molecular complexity index is 1720. The lowest BCUT2D eigenvalue weighted by atomic mass is 10.0. The second-order valence-corrected chi connectivity index (χ2v) is 11.4. The zero-order valence-electron chi connectivity index (χ0n) is 24.4. The summed E-state index contributed by atoms with van der Waals surface area (Å²) < 4.78 is 18.0. The molecule has 43 heavy (non-hydrogen) atoms. The Balaban J connectivity index is 1.20. The molecule has 0 spiro atoms. The molecule has 0 saturated heterocycles. The van der Waals surface area contributed by atoms with Gasteiger partial charge < -0.3 is 29.2 Å². The van der Waals surface area contributed by atoms with E-state index in [1.165, 1.54) is 0 Å². The fourth-order valence-corrected chi connectivity index (χ4v) is 6.14. The molecular weight excluding hydrogens is 546 g/mol. The Morgan fingerprint density at radius 2 is 1.93 bits per heavy atom. The highest BCUT2D eigenvalue weighted by atomic mass is 16.5. The van der Waals surface area contributed by atoms with Gasteiger partial charge in [0.05, 0.1) is 30.7 Å². The third-order valence-corrected chi connectivity index (χ3v) is 8.39. The zero-order chi connectivity index (χ0) is 29.5. The van der Waals surface area contributed by atoms with Crippen LogP contribution in [0, 0.1) is 6.92 Å². The monoisotopic (exact) mass is 581 g/mol. The number of hydrogen-bond donors (Lipinski definition) is 2. The number of methoxy groups -OCH3 is 1. The first-order valence-electron chi connectivity index (χ1n) is 15.0. The molecule has 2 aromatic heterocycles. The number of nitrogens with zero attached hydrogens (tertiary/aromatic N) is 4. The van der Waals surface area contributed by atoms with Crippen LogP contribution in [0.5, 0.6) is 11.6 Å². The molecule has 10 nitrogen and oxygen atoms in total. The number of aromatic nitrogens is 3. The molecule has 0 bridgehead atoms. The number of amides is 1. The van der Waals surface area contributed by atoms with Crippen molar-refractivity contribution < 1.29 is 23.8 Å². The van der Waals surface area contributed by atoms with Gasteiger partial charge in [-0.2, -0.15) is 4.98 Å². The molecule has 7 rings (SSSR count). The van der Waals surface area contributed by atoms with Gasteiger partial charge in [0.2, 0.25) is 11.8 Å². The topological polar surface area (TPSA) is 123 Å². The minimum Gasteiger partial charge on any atom is -0.495 e. The van der Waals surface area contributed by atoms with E-state index < -0.39 is 0 Å². The lowest BCUT2D eigenvalue weighted by Gasteiger charge is -2.22. The number of carbonyl (C=O) groups is 1. The second kappa shape index (κ2) is 11.3.